The molecule has 1 atom stereocenters. The van der Waals surface area contributed by atoms with Crippen LogP contribution in [0, 0.1) is 0 Å². The summed E-state index contributed by atoms with van der Waals surface area (Å²) in [5.74, 6) is 1.97. The third-order valence-corrected chi connectivity index (χ3v) is 5.80. The van der Waals surface area contributed by atoms with E-state index in [1.165, 1.54) is 31.2 Å². The van der Waals surface area contributed by atoms with Crippen molar-refractivity contribution in [3.8, 4) is 0 Å². The first-order chi connectivity index (χ1) is 14.0. The molecular formula is C23H35N5O. The van der Waals surface area contributed by atoms with Gasteiger partial charge in [-0.2, -0.15) is 0 Å². The molecule has 1 heterocycles. The van der Waals surface area contributed by atoms with E-state index in [0.29, 0.717) is 18.5 Å². The van der Waals surface area contributed by atoms with Gasteiger partial charge in [-0.15, -0.1) is 0 Å². The Bertz CT molecular complexity index is 778. The number of nitrogens with one attached hydrogen (secondary N) is 3. The van der Waals surface area contributed by atoms with E-state index in [9.17, 15) is 0 Å². The fourth-order valence-corrected chi connectivity index (χ4v) is 4.04. The van der Waals surface area contributed by atoms with Gasteiger partial charge in [-0.05, 0) is 31.2 Å². The molecule has 6 heteroatoms. The van der Waals surface area contributed by atoms with Gasteiger partial charge >= 0.3 is 0 Å². The predicted octanol–water partition coefficient (Wildman–Crippen LogP) is 4.13. The second kappa shape index (κ2) is 9.92. The van der Waals surface area contributed by atoms with Gasteiger partial charge in [0, 0.05) is 31.2 Å². The largest absolute Gasteiger partial charge is 0.359 e. The third-order valence-electron chi connectivity index (χ3n) is 5.80. The Labute approximate surface area is 174 Å². The molecule has 1 aliphatic rings. The molecule has 1 saturated carbocycles. The van der Waals surface area contributed by atoms with Gasteiger partial charge in [0.2, 0.25) is 0 Å². The Morgan fingerprint density at radius 3 is 2.48 bits per heavy atom. The van der Waals surface area contributed by atoms with Crippen molar-refractivity contribution in [2.45, 2.75) is 70.5 Å². The number of guanidine groups is 1. The zero-order valence-electron chi connectivity index (χ0n) is 18.2. The normalized spacial score (nSPS) is 17.5. The third kappa shape index (κ3) is 5.82. The standard InChI is InChI=1S/C23H35N5O/c1-17(2)21-14-20(29-28-21)15-25-22(24-4)26-16-23(12-8-9-13-23)27-18(3)19-10-6-5-7-11-19/h5-7,10-11,14,17-18,27H,8-9,12-13,15-16H2,1-4H3,(H2,24,25,26). The van der Waals surface area contributed by atoms with Crippen LogP contribution in [-0.4, -0.2) is 30.2 Å². The summed E-state index contributed by atoms with van der Waals surface area (Å²) in [6.45, 7) is 7.89. The number of hydrogen-bond donors (Lipinski definition) is 3. The van der Waals surface area contributed by atoms with Crippen LogP contribution in [0.5, 0.6) is 0 Å². The molecule has 3 rings (SSSR count). The van der Waals surface area contributed by atoms with Gasteiger partial charge in [-0.3, -0.25) is 4.99 Å². The van der Waals surface area contributed by atoms with Gasteiger partial charge in [-0.25, -0.2) is 0 Å². The van der Waals surface area contributed by atoms with E-state index in [0.717, 1.165) is 24.0 Å². The summed E-state index contributed by atoms with van der Waals surface area (Å²) in [6, 6.07) is 13.0. The second-order valence-corrected chi connectivity index (χ2v) is 8.42. The van der Waals surface area contributed by atoms with Crippen molar-refractivity contribution in [2.24, 2.45) is 4.99 Å². The van der Waals surface area contributed by atoms with E-state index in [1.807, 2.05) is 6.07 Å². The van der Waals surface area contributed by atoms with Crippen LogP contribution in [0.2, 0.25) is 0 Å². The van der Waals surface area contributed by atoms with Crippen molar-refractivity contribution in [3.63, 3.8) is 0 Å². The Morgan fingerprint density at radius 2 is 1.86 bits per heavy atom. The molecule has 2 aromatic rings. The van der Waals surface area contributed by atoms with Crippen molar-refractivity contribution in [1.82, 2.24) is 21.1 Å². The maximum Gasteiger partial charge on any atom is 0.191 e. The minimum Gasteiger partial charge on any atom is -0.359 e. The van der Waals surface area contributed by atoms with E-state index >= 15 is 0 Å². The molecule has 1 aromatic heterocycles. The van der Waals surface area contributed by atoms with E-state index in [-0.39, 0.29) is 5.54 Å². The molecule has 0 aliphatic heterocycles. The van der Waals surface area contributed by atoms with Gasteiger partial charge < -0.3 is 20.5 Å². The quantitative estimate of drug-likeness (QED) is 0.461. The van der Waals surface area contributed by atoms with E-state index < -0.39 is 0 Å². The molecule has 1 unspecified atom stereocenters. The lowest BCUT2D eigenvalue weighted by molar-refractivity contribution is 0.296. The first-order valence-corrected chi connectivity index (χ1v) is 10.7. The molecular weight excluding hydrogens is 362 g/mol. The predicted molar refractivity (Wildman–Crippen MR) is 118 cm³/mol. The lowest BCUT2D eigenvalue weighted by Crippen LogP contribution is -2.54. The number of hydrogen-bond acceptors (Lipinski definition) is 4. The summed E-state index contributed by atoms with van der Waals surface area (Å²) in [4.78, 5) is 4.38. The minimum atomic E-state index is 0.0872. The first-order valence-electron chi connectivity index (χ1n) is 10.7. The molecule has 0 saturated heterocycles. The van der Waals surface area contributed by atoms with Crippen molar-refractivity contribution >= 4 is 5.96 Å². The van der Waals surface area contributed by atoms with Gasteiger partial charge in [0.25, 0.3) is 0 Å². The highest BCUT2D eigenvalue weighted by Crippen LogP contribution is 2.31. The molecule has 0 radical (unpaired) electrons. The molecule has 3 N–H and O–H groups in total. The number of aliphatic imine (C=N–C) groups is 1. The van der Waals surface area contributed by atoms with Gasteiger partial charge in [0.05, 0.1) is 12.2 Å². The van der Waals surface area contributed by atoms with Crippen LogP contribution >= 0.6 is 0 Å². The van der Waals surface area contributed by atoms with E-state index in [1.54, 1.807) is 7.05 Å². The highest BCUT2D eigenvalue weighted by Gasteiger charge is 2.35. The fourth-order valence-electron chi connectivity index (χ4n) is 4.04. The molecule has 1 aromatic carbocycles. The number of benzene rings is 1. The summed E-state index contributed by atoms with van der Waals surface area (Å²) in [7, 11) is 1.80. The molecule has 1 aliphatic carbocycles. The summed E-state index contributed by atoms with van der Waals surface area (Å²) in [5.41, 5.74) is 2.39. The molecule has 0 amide bonds. The zero-order chi connectivity index (χ0) is 20.7. The molecule has 1 fully saturated rings. The van der Waals surface area contributed by atoms with Gasteiger partial charge in [0.1, 0.15) is 0 Å². The summed E-state index contributed by atoms with van der Waals surface area (Å²) in [5, 5.41) is 14.9. The average molecular weight is 398 g/mol. The topological polar surface area (TPSA) is 74.5 Å². The Balaban J connectivity index is 1.55. The fraction of sp³-hybridized carbons (Fsp3) is 0.565. The Morgan fingerprint density at radius 1 is 1.14 bits per heavy atom. The minimum absolute atomic E-state index is 0.0872. The van der Waals surface area contributed by atoms with Crippen LogP contribution in [-0.2, 0) is 6.54 Å². The second-order valence-electron chi connectivity index (χ2n) is 8.42. The highest BCUT2D eigenvalue weighted by atomic mass is 16.5. The van der Waals surface area contributed by atoms with E-state index in [4.69, 9.17) is 4.52 Å². The van der Waals surface area contributed by atoms with Crippen molar-refractivity contribution < 1.29 is 4.52 Å². The first kappa shape index (κ1) is 21.4. The molecule has 29 heavy (non-hydrogen) atoms. The lowest BCUT2D eigenvalue weighted by atomic mass is 9.94. The Kier molecular flexibility index (Phi) is 7.31. The number of aromatic nitrogens is 1. The summed E-state index contributed by atoms with van der Waals surface area (Å²) in [6.07, 6.45) is 4.87. The average Bonchev–Trinajstić information content (AvgIpc) is 3.39. The van der Waals surface area contributed by atoms with Crippen LogP contribution < -0.4 is 16.0 Å². The Hall–Kier alpha value is -2.34. The lowest BCUT2D eigenvalue weighted by Gasteiger charge is -2.34. The van der Waals surface area contributed by atoms with E-state index in [2.05, 4.69) is 77.2 Å². The monoisotopic (exact) mass is 397 g/mol. The van der Waals surface area contributed by atoms with Crippen molar-refractivity contribution in [2.75, 3.05) is 13.6 Å². The van der Waals surface area contributed by atoms with Crippen molar-refractivity contribution in [1.29, 1.82) is 0 Å². The highest BCUT2D eigenvalue weighted by molar-refractivity contribution is 5.79. The van der Waals surface area contributed by atoms with Gasteiger partial charge in [0.15, 0.2) is 11.7 Å². The van der Waals surface area contributed by atoms with Crippen LogP contribution in [0.25, 0.3) is 0 Å². The molecule has 0 bridgehead atoms. The summed E-state index contributed by atoms with van der Waals surface area (Å²) >= 11 is 0. The number of nitrogens with zero attached hydrogens (tertiary/aromatic N) is 2. The van der Waals surface area contributed by atoms with Crippen LogP contribution in [0.15, 0.2) is 45.9 Å². The summed E-state index contributed by atoms with van der Waals surface area (Å²) < 4.78 is 5.41. The smallest absolute Gasteiger partial charge is 0.191 e. The van der Waals surface area contributed by atoms with Crippen LogP contribution in [0.3, 0.4) is 0 Å². The van der Waals surface area contributed by atoms with Crippen molar-refractivity contribution in [3.05, 3.63) is 53.4 Å². The molecule has 6 nitrogen and oxygen atoms in total. The number of rotatable bonds is 8. The molecule has 0 spiro atoms. The molecule has 158 valence electrons. The van der Waals surface area contributed by atoms with Crippen LogP contribution in [0.4, 0.5) is 0 Å². The maximum atomic E-state index is 5.41. The maximum absolute atomic E-state index is 5.41. The zero-order valence-corrected chi connectivity index (χ0v) is 18.2. The SMILES string of the molecule is CN=C(NCc1cc(C(C)C)no1)NCC1(NC(C)c2ccccc2)CCCC1. The van der Waals surface area contributed by atoms with Crippen LogP contribution in [0.1, 0.15) is 75.4 Å². The van der Waals surface area contributed by atoms with Gasteiger partial charge in [-0.1, -0.05) is 62.2 Å².